The number of ether oxygens (including phenoxy) is 5. The van der Waals surface area contributed by atoms with E-state index in [1.165, 1.54) is 16.7 Å². The molecule has 0 saturated heterocycles. The average molecular weight is 434 g/mol. The van der Waals surface area contributed by atoms with E-state index in [0.29, 0.717) is 20.2 Å². The maximum absolute atomic E-state index is 5.58. The summed E-state index contributed by atoms with van der Waals surface area (Å²) in [5, 5.41) is 0. The Morgan fingerprint density at radius 3 is 1.94 bits per heavy atom. The number of hydrogen-bond donors (Lipinski definition) is 0. The van der Waals surface area contributed by atoms with Crippen LogP contribution in [0.1, 0.15) is 23.6 Å². The van der Waals surface area contributed by atoms with Crippen molar-refractivity contribution in [3.8, 4) is 28.7 Å². The molecule has 2 aliphatic heterocycles. The van der Waals surface area contributed by atoms with Gasteiger partial charge in [-0.3, -0.25) is 4.90 Å². The smallest absolute Gasteiger partial charge is 0.231 e. The Balaban J connectivity index is 1.30. The van der Waals surface area contributed by atoms with Crippen LogP contribution in [0.4, 0.5) is 0 Å². The number of rotatable bonds is 9. The minimum atomic E-state index is 0.290. The summed E-state index contributed by atoms with van der Waals surface area (Å²) >= 11 is 0. The summed E-state index contributed by atoms with van der Waals surface area (Å²) in [6.45, 7) is 5.81. The molecule has 0 bridgehead atoms. The van der Waals surface area contributed by atoms with Crippen molar-refractivity contribution in [1.29, 1.82) is 0 Å². The molecule has 0 unspecified atom stereocenters. The summed E-state index contributed by atoms with van der Waals surface area (Å²) in [6.07, 6.45) is 0.915. The van der Waals surface area contributed by atoms with Crippen molar-refractivity contribution in [3.05, 3.63) is 77.4 Å². The van der Waals surface area contributed by atoms with Gasteiger partial charge < -0.3 is 23.7 Å². The van der Waals surface area contributed by atoms with Crippen LogP contribution in [0.15, 0.2) is 60.7 Å². The predicted octanol–water partition coefficient (Wildman–Crippen LogP) is 4.79. The molecule has 0 radical (unpaired) electrons. The molecule has 0 atom stereocenters. The summed E-state index contributed by atoms with van der Waals surface area (Å²) in [5.41, 5.74) is 3.68. The number of hydrogen-bond acceptors (Lipinski definition) is 6. The van der Waals surface area contributed by atoms with Gasteiger partial charge in [0.15, 0.2) is 23.0 Å². The van der Waals surface area contributed by atoms with Crippen molar-refractivity contribution in [2.24, 2.45) is 0 Å². The van der Waals surface area contributed by atoms with Crippen LogP contribution in [-0.4, -0.2) is 31.6 Å². The molecule has 32 heavy (non-hydrogen) atoms. The summed E-state index contributed by atoms with van der Waals surface area (Å²) in [6, 6.07) is 20.7. The van der Waals surface area contributed by atoms with Crippen LogP contribution in [0.2, 0.25) is 0 Å². The summed E-state index contributed by atoms with van der Waals surface area (Å²) in [4.78, 5) is 2.44. The predicted molar refractivity (Wildman–Crippen MR) is 121 cm³/mol. The molecular formula is C26H27NO5. The second-order valence-corrected chi connectivity index (χ2v) is 7.91. The molecule has 0 aliphatic carbocycles. The molecule has 0 fully saturated rings. The lowest BCUT2D eigenvalue weighted by atomic mass is 10.1. The van der Waals surface area contributed by atoms with Crippen LogP contribution >= 0.6 is 0 Å². The average Bonchev–Trinajstić information content (AvgIpc) is 3.47. The highest BCUT2D eigenvalue weighted by atomic mass is 16.7. The molecule has 0 aromatic heterocycles. The molecular weight excluding hydrogens is 406 g/mol. The Labute approximate surface area is 188 Å². The minimum absolute atomic E-state index is 0.290. The Bertz CT molecular complexity index is 1070. The van der Waals surface area contributed by atoms with Crippen molar-refractivity contribution in [2.45, 2.75) is 26.4 Å². The Morgan fingerprint density at radius 1 is 0.688 bits per heavy atom. The zero-order chi connectivity index (χ0) is 21.8. The fraction of sp³-hybridized carbons (Fsp3) is 0.308. The van der Waals surface area contributed by atoms with Gasteiger partial charge in [0, 0.05) is 19.6 Å². The highest BCUT2D eigenvalue weighted by Gasteiger charge is 2.16. The van der Waals surface area contributed by atoms with Crippen LogP contribution < -0.4 is 23.7 Å². The van der Waals surface area contributed by atoms with Gasteiger partial charge in [0.05, 0.1) is 6.61 Å². The van der Waals surface area contributed by atoms with Gasteiger partial charge in [0.2, 0.25) is 13.6 Å². The summed E-state index contributed by atoms with van der Waals surface area (Å²) in [5.74, 6) is 4.18. The summed E-state index contributed by atoms with van der Waals surface area (Å²) in [7, 11) is 0. The molecule has 0 amide bonds. The normalized spacial score (nSPS) is 13.6. The van der Waals surface area contributed by atoms with E-state index in [9.17, 15) is 0 Å². The monoisotopic (exact) mass is 433 g/mol. The third-order valence-corrected chi connectivity index (χ3v) is 5.64. The molecule has 0 N–H and O–H groups in total. The van der Waals surface area contributed by atoms with Crippen LogP contribution in [-0.2, 0) is 19.5 Å². The molecule has 3 aromatic carbocycles. The van der Waals surface area contributed by atoms with Crippen LogP contribution in [0.5, 0.6) is 28.7 Å². The lowest BCUT2D eigenvalue weighted by Crippen LogP contribution is -2.25. The number of nitrogens with zero attached hydrogens (tertiary/aromatic N) is 1. The van der Waals surface area contributed by atoms with Crippen molar-refractivity contribution in [2.75, 3.05) is 26.7 Å². The van der Waals surface area contributed by atoms with Gasteiger partial charge in [-0.2, -0.15) is 0 Å². The zero-order valence-corrected chi connectivity index (χ0v) is 18.2. The third-order valence-electron chi connectivity index (χ3n) is 5.64. The van der Waals surface area contributed by atoms with Gasteiger partial charge in [-0.25, -0.2) is 0 Å². The molecule has 6 heteroatoms. The van der Waals surface area contributed by atoms with E-state index in [-0.39, 0.29) is 0 Å². The van der Waals surface area contributed by atoms with E-state index in [1.807, 2.05) is 31.2 Å². The van der Waals surface area contributed by atoms with Gasteiger partial charge in [-0.05, 0) is 66.4 Å². The molecule has 0 saturated carbocycles. The fourth-order valence-corrected chi connectivity index (χ4v) is 4.01. The highest BCUT2D eigenvalue weighted by Crippen LogP contribution is 2.34. The van der Waals surface area contributed by atoms with E-state index >= 15 is 0 Å². The minimum Gasteiger partial charge on any atom is -0.494 e. The van der Waals surface area contributed by atoms with Crippen molar-refractivity contribution in [1.82, 2.24) is 4.90 Å². The van der Waals surface area contributed by atoms with Gasteiger partial charge in [-0.1, -0.05) is 24.3 Å². The SMILES string of the molecule is CCOc1ccc(CN(CCc2ccc3c(c2)OCO3)Cc2ccc3c(c2)OCO3)cc1. The lowest BCUT2D eigenvalue weighted by molar-refractivity contribution is 0.173. The quantitative estimate of drug-likeness (QED) is 0.484. The number of fused-ring (bicyclic) bond motifs is 2. The molecule has 2 heterocycles. The maximum atomic E-state index is 5.58. The molecule has 166 valence electrons. The summed E-state index contributed by atoms with van der Waals surface area (Å²) < 4.78 is 27.6. The van der Waals surface area contributed by atoms with Crippen molar-refractivity contribution in [3.63, 3.8) is 0 Å². The second-order valence-electron chi connectivity index (χ2n) is 7.91. The van der Waals surface area contributed by atoms with Gasteiger partial charge >= 0.3 is 0 Å². The molecule has 2 aliphatic rings. The van der Waals surface area contributed by atoms with Crippen LogP contribution in [0, 0.1) is 0 Å². The van der Waals surface area contributed by atoms with Crippen LogP contribution in [0.3, 0.4) is 0 Å². The molecule has 5 rings (SSSR count). The fourth-order valence-electron chi connectivity index (χ4n) is 4.01. The van der Waals surface area contributed by atoms with E-state index in [4.69, 9.17) is 23.7 Å². The Hall–Kier alpha value is -3.38. The topological polar surface area (TPSA) is 49.4 Å². The standard InChI is InChI=1S/C26H27NO5/c1-2-28-22-7-3-20(4-8-22)15-27(16-21-6-10-24-26(14-21)32-18-30-24)12-11-19-5-9-23-25(13-19)31-17-29-23/h3-10,13-14H,2,11-12,15-18H2,1H3. The Morgan fingerprint density at radius 2 is 1.25 bits per heavy atom. The first-order chi connectivity index (χ1) is 15.8. The van der Waals surface area contributed by atoms with E-state index in [0.717, 1.165) is 54.8 Å². The van der Waals surface area contributed by atoms with E-state index < -0.39 is 0 Å². The Kier molecular flexibility index (Phi) is 6.03. The number of benzene rings is 3. The molecule has 0 spiro atoms. The molecule has 6 nitrogen and oxygen atoms in total. The van der Waals surface area contributed by atoms with Gasteiger partial charge in [0.25, 0.3) is 0 Å². The van der Waals surface area contributed by atoms with Gasteiger partial charge in [0.1, 0.15) is 5.75 Å². The van der Waals surface area contributed by atoms with Crippen molar-refractivity contribution < 1.29 is 23.7 Å². The first-order valence-electron chi connectivity index (χ1n) is 11.0. The third kappa shape index (κ3) is 4.75. The van der Waals surface area contributed by atoms with E-state index in [2.05, 4.69) is 41.3 Å². The highest BCUT2D eigenvalue weighted by molar-refractivity contribution is 5.45. The first-order valence-corrected chi connectivity index (χ1v) is 11.0. The second kappa shape index (κ2) is 9.40. The lowest BCUT2D eigenvalue weighted by Gasteiger charge is -2.23. The van der Waals surface area contributed by atoms with Crippen LogP contribution in [0.25, 0.3) is 0 Å². The van der Waals surface area contributed by atoms with Gasteiger partial charge in [-0.15, -0.1) is 0 Å². The molecule has 3 aromatic rings. The van der Waals surface area contributed by atoms with E-state index in [1.54, 1.807) is 0 Å². The maximum Gasteiger partial charge on any atom is 0.231 e. The van der Waals surface area contributed by atoms with Crippen molar-refractivity contribution >= 4 is 0 Å². The first kappa shape index (κ1) is 20.5. The largest absolute Gasteiger partial charge is 0.494 e. The zero-order valence-electron chi connectivity index (χ0n) is 18.2.